The summed E-state index contributed by atoms with van der Waals surface area (Å²) in [4.78, 5) is 25.1. The van der Waals surface area contributed by atoms with Crippen molar-refractivity contribution in [1.82, 2.24) is 29.9 Å². The van der Waals surface area contributed by atoms with Gasteiger partial charge < -0.3 is 20.4 Å². The van der Waals surface area contributed by atoms with Gasteiger partial charge in [0.05, 0.1) is 29.9 Å². The van der Waals surface area contributed by atoms with Crippen LogP contribution in [0.25, 0.3) is 27.7 Å². The number of nitrogens with zero attached hydrogens (tertiary/aromatic N) is 4. The number of anilines is 1. The Balaban J connectivity index is 1.23. The molecule has 2 saturated carbocycles. The molecule has 0 saturated heterocycles. The second-order valence-corrected chi connectivity index (χ2v) is 9.65. The fraction of sp³-hybridized carbons (Fsp3) is 0.440. The van der Waals surface area contributed by atoms with Crippen molar-refractivity contribution in [3.8, 4) is 11.1 Å². The largest absolute Gasteiger partial charge is 0.381 e. The Morgan fingerprint density at radius 1 is 1.29 bits per heavy atom. The highest BCUT2D eigenvalue weighted by molar-refractivity contribution is 6.02. The number of nitrogens with one attached hydrogen (secondary N) is 3. The van der Waals surface area contributed by atoms with Crippen LogP contribution in [0.5, 0.6) is 0 Å². The van der Waals surface area contributed by atoms with Crippen molar-refractivity contribution in [2.45, 2.75) is 56.3 Å². The topological polar surface area (TPSA) is 109 Å². The Hall–Kier alpha value is -3.53. The lowest BCUT2D eigenvalue weighted by Crippen LogP contribution is -2.38. The van der Waals surface area contributed by atoms with E-state index < -0.39 is 5.67 Å². The predicted molar refractivity (Wildman–Crippen MR) is 130 cm³/mol. The summed E-state index contributed by atoms with van der Waals surface area (Å²) < 4.78 is 21.0. The highest BCUT2D eigenvalue weighted by Gasteiger charge is 2.43. The van der Waals surface area contributed by atoms with Crippen LogP contribution in [-0.2, 0) is 4.74 Å². The van der Waals surface area contributed by atoms with Crippen LogP contribution in [0.1, 0.15) is 48.9 Å². The number of rotatable bonds is 7. The van der Waals surface area contributed by atoms with Gasteiger partial charge in [-0.2, -0.15) is 10.1 Å². The number of H-pyrrole nitrogens is 1. The molecule has 0 aliphatic heterocycles. The molecule has 35 heavy (non-hydrogen) atoms. The molecular formula is C25H28FN7O2. The van der Waals surface area contributed by atoms with Crippen molar-refractivity contribution in [1.29, 1.82) is 0 Å². The number of pyridine rings is 1. The zero-order valence-corrected chi connectivity index (χ0v) is 19.6. The maximum absolute atomic E-state index is 13.9. The van der Waals surface area contributed by atoms with E-state index in [-0.39, 0.29) is 24.6 Å². The number of methoxy groups -OCH3 is 1. The average molecular weight is 478 g/mol. The minimum Gasteiger partial charge on any atom is -0.381 e. The predicted octanol–water partition coefficient (Wildman–Crippen LogP) is 3.87. The lowest BCUT2D eigenvalue weighted by molar-refractivity contribution is 0.0599. The maximum Gasteiger partial charge on any atom is 0.255 e. The number of fused-ring (bicyclic) bond motifs is 2. The van der Waals surface area contributed by atoms with Crippen LogP contribution in [0, 0.1) is 0 Å². The van der Waals surface area contributed by atoms with Crippen LogP contribution in [0.3, 0.4) is 0 Å². The molecule has 0 bridgehead atoms. The van der Waals surface area contributed by atoms with E-state index in [1.165, 1.54) is 0 Å². The molecule has 2 fully saturated rings. The van der Waals surface area contributed by atoms with Gasteiger partial charge >= 0.3 is 0 Å². The molecule has 182 valence electrons. The van der Waals surface area contributed by atoms with Gasteiger partial charge in [-0.15, -0.1) is 0 Å². The van der Waals surface area contributed by atoms with Gasteiger partial charge in [0, 0.05) is 42.7 Å². The summed E-state index contributed by atoms with van der Waals surface area (Å²) in [5, 5.41) is 11.4. The van der Waals surface area contributed by atoms with E-state index >= 15 is 0 Å². The zero-order valence-electron chi connectivity index (χ0n) is 19.6. The third-order valence-electron chi connectivity index (χ3n) is 7.21. The lowest BCUT2D eigenvalue weighted by atomic mass is 9.93. The van der Waals surface area contributed by atoms with Crippen molar-refractivity contribution in [3.05, 3.63) is 42.5 Å². The van der Waals surface area contributed by atoms with Crippen LogP contribution in [0.4, 0.5) is 10.3 Å². The molecule has 4 heterocycles. The Morgan fingerprint density at radius 2 is 2.11 bits per heavy atom. The molecule has 0 spiro atoms. The lowest BCUT2D eigenvalue weighted by Gasteiger charge is -2.28. The quantitative estimate of drug-likeness (QED) is 0.373. The highest BCUT2D eigenvalue weighted by Crippen LogP contribution is 2.39. The zero-order chi connectivity index (χ0) is 24.0. The summed E-state index contributed by atoms with van der Waals surface area (Å²) in [5.74, 6) is 0.289. The fourth-order valence-corrected chi connectivity index (χ4v) is 4.81. The standard InChI is InChI=1S/C25H28FN7O2/c1-35-17-4-2-16(3-5-17)31-23(34)20-13-30-33-9-6-15(10-21(20)33)18-11-27-22-19(18)12-28-24(32-22)29-14-25(26)7-8-25/h6,9-13,16-17H,2-5,7-8,14H2,1H3,(H,31,34)(H2,27,28,29,32)/t16-,17-. The van der Waals surface area contributed by atoms with Crippen LogP contribution >= 0.6 is 0 Å². The first-order valence-corrected chi connectivity index (χ1v) is 12.1. The Morgan fingerprint density at radius 3 is 2.89 bits per heavy atom. The third kappa shape index (κ3) is 4.34. The molecule has 4 aromatic heterocycles. The minimum atomic E-state index is -1.12. The summed E-state index contributed by atoms with van der Waals surface area (Å²) >= 11 is 0. The summed E-state index contributed by atoms with van der Waals surface area (Å²) in [6.07, 6.45) is 12.2. The van der Waals surface area contributed by atoms with Gasteiger partial charge in [0.1, 0.15) is 11.3 Å². The molecule has 0 radical (unpaired) electrons. The number of ether oxygens (including phenoxy) is 1. The molecule has 0 unspecified atom stereocenters. The van der Waals surface area contributed by atoms with Gasteiger partial charge in [-0.3, -0.25) is 4.79 Å². The number of hydrogen-bond donors (Lipinski definition) is 3. The molecule has 4 aromatic rings. The molecule has 1 amide bonds. The van der Waals surface area contributed by atoms with Crippen molar-refractivity contribution in [3.63, 3.8) is 0 Å². The summed E-state index contributed by atoms with van der Waals surface area (Å²) in [6.45, 7) is 0.225. The van der Waals surface area contributed by atoms with Gasteiger partial charge in [-0.25, -0.2) is 13.9 Å². The van der Waals surface area contributed by atoms with Crippen molar-refractivity contribution in [2.24, 2.45) is 0 Å². The fourth-order valence-electron chi connectivity index (χ4n) is 4.81. The Kier molecular flexibility index (Phi) is 5.40. The summed E-state index contributed by atoms with van der Waals surface area (Å²) in [7, 11) is 1.74. The molecule has 2 aliphatic carbocycles. The monoisotopic (exact) mass is 477 g/mol. The number of aromatic amines is 1. The second-order valence-electron chi connectivity index (χ2n) is 9.65. The van der Waals surface area contributed by atoms with E-state index in [1.807, 2.05) is 24.5 Å². The first-order chi connectivity index (χ1) is 17.0. The number of amides is 1. The molecular weight excluding hydrogens is 449 g/mol. The highest BCUT2D eigenvalue weighted by atomic mass is 19.1. The minimum absolute atomic E-state index is 0.114. The second kappa shape index (κ2) is 8.60. The van der Waals surface area contributed by atoms with E-state index in [9.17, 15) is 9.18 Å². The van der Waals surface area contributed by atoms with Crippen molar-refractivity contribution < 1.29 is 13.9 Å². The SMILES string of the molecule is CO[C@H]1CC[C@H](NC(=O)c2cnn3ccc(-c4c[nH]c5nc(NCC6(F)CC6)ncc45)cc23)CC1. The number of carbonyl (C=O) groups is 1. The van der Waals surface area contributed by atoms with Crippen molar-refractivity contribution in [2.75, 3.05) is 19.0 Å². The number of halogens is 1. The van der Waals surface area contributed by atoms with Gasteiger partial charge in [0.25, 0.3) is 5.91 Å². The first kappa shape index (κ1) is 22.0. The van der Waals surface area contributed by atoms with Gasteiger partial charge in [0.2, 0.25) is 5.95 Å². The van der Waals surface area contributed by atoms with Crippen LogP contribution in [0.15, 0.2) is 36.9 Å². The smallest absolute Gasteiger partial charge is 0.255 e. The van der Waals surface area contributed by atoms with E-state index in [4.69, 9.17) is 4.74 Å². The van der Waals surface area contributed by atoms with Gasteiger partial charge in [-0.1, -0.05) is 0 Å². The summed E-state index contributed by atoms with van der Waals surface area (Å²) in [5.41, 5.74) is 2.67. The van der Waals surface area contributed by atoms with E-state index in [2.05, 4.69) is 30.7 Å². The van der Waals surface area contributed by atoms with E-state index in [0.717, 1.165) is 47.7 Å². The third-order valence-corrected chi connectivity index (χ3v) is 7.21. The first-order valence-electron chi connectivity index (χ1n) is 12.1. The molecule has 9 nitrogen and oxygen atoms in total. The van der Waals surface area contributed by atoms with Crippen LogP contribution < -0.4 is 10.6 Å². The van der Waals surface area contributed by atoms with Gasteiger partial charge in [0.15, 0.2) is 0 Å². The molecule has 6 rings (SSSR count). The molecule has 0 atom stereocenters. The van der Waals surface area contributed by atoms with E-state index in [0.29, 0.717) is 30.0 Å². The number of hydrogen-bond acceptors (Lipinski definition) is 6. The maximum atomic E-state index is 13.9. The number of carbonyl (C=O) groups excluding carboxylic acids is 1. The Bertz CT molecular complexity index is 1390. The van der Waals surface area contributed by atoms with Gasteiger partial charge in [-0.05, 0) is 56.2 Å². The summed E-state index contributed by atoms with van der Waals surface area (Å²) in [6, 6.07) is 4.05. The molecule has 10 heteroatoms. The molecule has 3 N–H and O–H groups in total. The van der Waals surface area contributed by atoms with E-state index in [1.54, 1.807) is 24.0 Å². The average Bonchev–Trinajstić information content (AvgIpc) is 3.28. The number of alkyl halides is 1. The number of aromatic nitrogens is 5. The molecule has 2 aliphatic rings. The van der Waals surface area contributed by atoms with Crippen molar-refractivity contribution >= 4 is 28.4 Å². The molecule has 0 aromatic carbocycles. The normalized spacial score (nSPS) is 21.3. The van der Waals surface area contributed by atoms with Crippen LogP contribution in [0.2, 0.25) is 0 Å². The van der Waals surface area contributed by atoms with Crippen LogP contribution in [-0.4, -0.2) is 61.9 Å². The Labute approximate surface area is 201 Å².